The van der Waals surface area contributed by atoms with Crippen LogP contribution in [0.2, 0.25) is 0 Å². The van der Waals surface area contributed by atoms with E-state index >= 15 is 0 Å². The Morgan fingerprint density at radius 3 is 2.60 bits per heavy atom. The SMILES string of the molecule is Nc1cc(SCc2c(F)ccc(Br)c2F)c(N)c(N)n1. The lowest BCUT2D eigenvalue weighted by atomic mass is 10.2. The van der Waals surface area contributed by atoms with Crippen molar-refractivity contribution in [2.24, 2.45) is 0 Å². The zero-order valence-electron chi connectivity index (χ0n) is 10.2. The summed E-state index contributed by atoms with van der Waals surface area (Å²) in [6.07, 6.45) is 0. The number of benzene rings is 1. The summed E-state index contributed by atoms with van der Waals surface area (Å²) in [4.78, 5) is 4.34. The van der Waals surface area contributed by atoms with Crippen LogP contribution in [-0.2, 0) is 5.75 Å². The second-order valence-corrected chi connectivity index (χ2v) is 5.83. The van der Waals surface area contributed by atoms with Crippen LogP contribution in [0.15, 0.2) is 27.6 Å². The van der Waals surface area contributed by atoms with Crippen molar-refractivity contribution in [2.75, 3.05) is 17.2 Å². The van der Waals surface area contributed by atoms with Crippen LogP contribution in [0.5, 0.6) is 0 Å². The average molecular weight is 361 g/mol. The van der Waals surface area contributed by atoms with Crippen molar-refractivity contribution in [1.82, 2.24) is 4.98 Å². The molecule has 2 aromatic rings. The Labute approximate surface area is 126 Å². The van der Waals surface area contributed by atoms with Gasteiger partial charge < -0.3 is 17.2 Å². The maximum atomic E-state index is 13.8. The Kier molecular flexibility index (Phi) is 4.34. The summed E-state index contributed by atoms with van der Waals surface area (Å²) in [5.74, 6) is -0.889. The molecule has 0 aliphatic rings. The summed E-state index contributed by atoms with van der Waals surface area (Å²) in [5.41, 5.74) is 17.1. The molecule has 106 valence electrons. The number of rotatable bonds is 3. The number of nitrogens with zero attached hydrogens (tertiary/aromatic N) is 1. The lowest BCUT2D eigenvalue weighted by molar-refractivity contribution is 0.562. The van der Waals surface area contributed by atoms with Crippen LogP contribution in [-0.4, -0.2) is 4.98 Å². The molecule has 0 saturated heterocycles. The predicted molar refractivity (Wildman–Crippen MR) is 81.1 cm³/mol. The van der Waals surface area contributed by atoms with E-state index in [1.54, 1.807) is 0 Å². The van der Waals surface area contributed by atoms with Crippen LogP contribution in [0.3, 0.4) is 0 Å². The van der Waals surface area contributed by atoms with Crippen molar-refractivity contribution in [3.63, 3.8) is 0 Å². The van der Waals surface area contributed by atoms with Gasteiger partial charge in [0.15, 0.2) is 0 Å². The molecule has 0 unspecified atom stereocenters. The van der Waals surface area contributed by atoms with Crippen molar-refractivity contribution < 1.29 is 8.78 Å². The van der Waals surface area contributed by atoms with Crippen LogP contribution < -0.4 is 17.2 Å². The molecule has 0 spiro atoms. The van der Waals surface area contributed by atoms with Crippen molar-refractivity contribution in [2.45, 2.75) is 10.6 Å². The van der Waals surface area contributed by atoms with Gasteiger partial charge in [-0.05, 0) is 34.1 Å². The van der Waals surface area contributed by atoms with Gasteiger partial charge in [-0.15, -0.1) is 11.8 Å². The molecular formula is C12H11BrF2N4S. The summed E-state index contributed by atoms with van der Waals surface area (Å²) in [6.45, 7) is 0. The van der Waals surface area contributed by atoms with E-state index in [0.717, 1.165) is 11.8 Å². The molecule has 6 N–H and O–H groups in total. The summed E-state index contributed by atoms with van der Waals surface area (Å²) < 4.78 is 27.7. The number of nitrogens with two attached hydrogens (primary N) is 3. The van der Waals surface area contributed by atoms with Gasteiger partial charge in [-0.3, -0.25) is 0 Å². The van der Waals surface area contributed by atoms with Crippen LogP contribution >= 0.6 is 27.7 Å². The third-order valence-corrected chi connectivity index (χ3v) is 4.28. The molecule has 1 aromatic heterocycles. The largest absolute Gasteiger partial charge is 0.395 e. The third-order valence-electron chi connectivity index (χ3n) is 2.58. The molecule has 1 heterocycles. The summed E-state index contributed by atoms with van der Waals surface area (Å²) in [7, 11) is 0. The number of halogens is 3. The minimum atomic E-state index is -0.633. The molecule has 0 amide bonds. The van der Waals surface area contributed by atoms with Crippen LogP contribution in [0.25, 0.3) is 0 Å². The third kappa shape index (κ3) is 2.96. The normalized spacial score (nSPS) is 10.8. The second kappa shape index (κ2) is 5.84. The van der Waals surface area contributed by atoms with E-state index in [2.05, 4.69) is 20.9 Å². The molecule has 0 saturated carbocycles. The number of thioether (sulfide) groups is 1. The van der Waals surface area contributed by atoms with Gasteiger partial charge in [-0.2, -0.15) is 0 Å². The molecule has 0 fully saturated rings. The fourth-order valence-corrected chi connectivity index (χ4v) is 2.94. The van der Waals surface area contributed by atoms with Crippen molar-refractivity contribution in [1.29, 1.82) is 0 Å². The van der Waals surface area contributed by atoms with Gasteiger partial charge in [0.05, 0.1) is 10.2 Å². The maximum Gasteiger partial charge on any atom is 0.150 e. The second-order valence-electron chi connectivity index (χ2n) is 3.95. The van der Waals surface area contributed by atoms with E-state index in [-0.39, 0.29) is 33.1 Å². The molecule has 0 atom stereocenters. The van der Waals surface area contributed by atoms with Crippen molar-refractivity contribution >= 4 is 45.0 Å². The number of pyridine rings is 1. The smallest absolute Gasteiger partial charge is 0.150 e. The molecule has 0 aliphatic carbocycles. The maximum absolute atomic E-state index is 13.8. The van der Waals surface area contributed by atoms with Gasteiger partial charge in [-0.1, -0.05) is 0 Å². The standard InChI is InChI=1S/C12H11BrF2N4S/c13-6-1-2-7(14)5(10(6)15)4-20-8-3-9(16)19-12(18)11(8)17/h1-3H,4,17H2,(H4,16,18,19). The van der Waals surface area contributed by atoms with E-state index in [0.29, 0.717) is 4.90 Å². The Hall–Kier alpha value is -1.54. The predicted octanol–water partition coefficient (Wildman–Crippen LogP) is 3.16. The molecule has 1 aromatic carbocycles. The molecule has 8 heteroatoms. The number of hydrogen-bond donors (Lipinski definition) is 3. The van der Waals surface area contributed by atoms with Gasteiger partial charge in [0.25, 0.3) is 0 Å². The number of nitrogen functional groups attached to an aromatic ring is 3. The van der Waals surface area contributed by atoms with E-state index in [1.807, 2.05) is 0 Å². The molecule has 2 rings (SSSR count). The van der Waals surface area contributed by atoms with E-state index in [9.17, 15) is 8.78 Å². The molecule has 0 radical (unpaired) electrons. The Bertz CT molecular complexity index is 666. The first kappa shape index (κ1) is 14.9. The first-order valence-corrected chi connectivity index (χ1v) is 7.24. The van der Waals surface area contributed by atoms with Gasteiger partial charge in [0, 0.05) is 16.2 Å². The average Bonchev–Trinajstić information content (AvgIpc) is 2.39. The lowest BCUT2D eigenvalue weighted by Crippen LogP contribution is -2.03. The number of anilines is 3. The first-order chi connectivity index (χ1) is 9.40. The highest BCUT2D eigenvalue weighted by Crippen LogP contribution is 2.34. The minimum absolute atomic E-state index is 0.0438. The number of aromatic nitrogens is 1. The summed E-state index contributed by atoms with van der Waals surface area (Å²) >= 11 is 4.16. The topological polar surface area (TPSA) is 91.0 Å². The fourth-order valence-electron chi connectivity index (χ4n) is 1.54. The Morgan fingerprint density at radius 2 is 1.90 bits per heavy atom. The van der Waals surface area contributed by atoms with Crippen LogP contribution in [0, 0.1) is 11.6 Å². The van der Waals surface area contributed by atoms with Crippen LogP contribution in [0.1, 0.15) is 5.56 Å². The van der Waals surface area contributed by atoms with E-state index in [1.165, 1.54) is 18.2 Å². The molecule has 0 aliphatic heterocycles. The van der Waals surface area contributed by atoms with Crippen LogP contribution in [0.4, 0.5) is 26.1 Å². The zero-order valence-corrected chi connectivity index (χ0v) is 12.6. The van der Waals surface area contributed by atoms with Crippen molar-refractivity contribution in [3.8, 4) is 0 Å². The Morgan fingerprint density at radius 1 is 1.20 bits per heavy atom. The number of hydrogen-bond acceptors (Lipinski definition) is 5. The Balaban J connectivity index is 2.28. The summed E-state index contributed by atoms with van der Waals surface area (Å²) in [5, 5.41) is 0. The zero-order chi connectivity index (χ0) is 14.9. The highest BCUT2D eigenvalue weighted by Gasteiger charge is 2.14. The quantitative estimate of drug-likeness (QED) is 0.577. The lowest BCUT2D eigenvalue weighted by Gasteiger charge is -2.10. The molecule has 4 nitrogen and oxygen atoms in total. The molecule has 0 bridgehead atoms. The summed E-state index contributed by atoms with van der Waals surface area (Å²) in [6, 6.07) is 4.03. The minimum Gasteiger partial charge on any atom is -0.395 e. The molecule has 20 heavy (non-hydrogen) atoms. The van der Waals surface area contributed by atoms with E-state index < -0.39 is 11.6 Å². The highest BCUT2D eigenvalue weighted by atomic mass is 79.9. The highest BCUT2D eigenvalue weighted by molar-refractivity contribution is 9.10. The fraction of sp³-hybridized carbons (Fsp3) is 0.0833. The van der Waals surface area contributed by atoms with Gasteiger partial charge in [0.1, 0.15) is 23.3 Å². The van der Waals surface area contributed by atoms with Gasteiger partial charge in [0.2, 0.25) is 0 Å². The van der Waals surface area contributed by atoms with Crippen molar-refractivity contribution in [3.05, 3.63) is 39.9 Å². The van der Waals surface area contributed by atoms with Gasteiger partial charge >= 0.3 is 0 Å². The van der Waals surface area contributed by atoms with Gasteiger partial charge in [-0.25, -0.2) is 13.8 Å². The monoisotopic (exact) mass is 360 g/mol. The van der Waals surface area contributed by atoms with E-state index in [4.69, 9.17) is 17.2 Å². The first-order valence-electron chi connectivity index (χ1n) is 5.46. The molecular weight excluding hydrogens is 350 g/mol.